The Kier molecular flexibility index (Phi) is 6.28. The van der Waals surface area contributed by atoms with Crippen molar-refractivity contribution in [2.24, 2.45) is 0 Å². The van der Waals surface area contributed by atoms with Crippen molar-refractivity contribution in [2.75, 3.05) is 13.2 Å². The molecule has 1 aromatic carbocycles. The van der Waals surface area contributed by atoms with Crippen molar-refractivity contribution in [3.63, 3.8) is 0 Å². The molecule has 0 saturated heterocycles. The number of nitro benzene ring substituents is 1. The van der Waals surface area contributed by atoms with Crippen LogP contribution in [0.5, 0.6) is 0 Å². The van der Waals surface area contributed by atoms with Gasteiger partial charge < -0.3 is 10.2 Å². The molecule has 0 bridgehead atoms. The van der Waals surface area contributed by atoms with Crippen molar-refractivity contribution in [1.29, 1.82) is 0 Å². The normalized spacial score (nSPS) is 10.3. The van der Waals surface area contributed by atoms with E-state index in [2.05, 4.69) is 0 Å². The molecule has 0 fully saturated rings. The highest BCUT2D eigenvalue weighted by molar-refractivity contribution is 7.85. The molecule has 0 atom stereocenters. The lowest BCUT2D eigenvalue weighted by Gasteiger charge is -1.94. The van der Waals surface area contributed by atoms with E-state index in [4.69, 9.17) is 14.8 Å². The third-order valence-electron chi connectivity index (χ3n) is 1.45. The van der Waals surface area contributed by atoms with E-state index < -0.39 is 15.0 Å². The Morgan fingerprint density at radius 2 is 1.53 bits per heavy atom. The number of rotatable bonds is 3. The average Bonchev–Trinajstić information content (AvgIpc) is 2.28. The van der Waals surface area contributed by atoms with Crippen LogP contribution in [0.25, 0.3) is 0 Å². The van der Waals surface area contributed by atoms with Crippen LogP contribution in [0.4, 0.5) is 5.69 Å². The van der Waals surface area contributed by atoms with E-state index in [0.717, 1.165) is 24.3 Å². The Bertz CT molecular complexity index is 451. The summed E-state index contributed by atoms with van der Waals surface area (Å²) < 4.78 is 29.5. The molecular formula is C8H11NO7S. The van der Waals surface area contributed by atoms with E-state index in [1.165, 1.54) is 0 Å². The third-order valence-corrected chi connectivity index (χ3v) is 2.31. The van der Waals surface area contributed by atoms with Crippen LogP contribution < -0.4 is 0 Å². The Labute approximate surface area is 97.0 Å². The van der Waals surface area contributed by atoms with Crippen LogP contribution in [0.2, 0.25) is 0 Å². The van der Waals surface area contributed by atoms with Crippen molar-refractivity contribution < 1.29 is 28.1 Å². The number of aliphatic hydroxyl groups excluding tert-OH is 2. The zero-order valence-electron chi connectivity index (χ0n) is 8.55. The average molecular weight is 265 g/mol. The van der Waals surface area contributed by atoms with Crippen molar-refractivity contribution in [2.45, 2.75) is 4.90 Å². The van der Waals surface area contributed by atoms with Crippen LogP contribution in [0.1, 0.15) is 0 Å². The second-order valence-electron chi connectivity index (χ2n) is 2.67. The number of non-ortho nitro benzene ring substituents is 1. The van der Waals surface area contributed by atoms with Gasteiger partial charge in [-0.05, 0) is 12.1 Å². The molecule has 1 aromatic rings. The number of benzene rings is 1. The Morgan fingerprint density at radius 1 is 1.12 bits per heavy atom. The van der Waals surface area contributed by atoms with Crippen LogP contribution in [0.15, 0.2) is 29.2 Å². The fourth-order valence-corrected chi connectivity index (χ4v) is 1.22. The second-order valence-corrected chi connectivity index (χ2v) is 4.09. The number of nitro groups is 1. The molecule has 0 saturated carbocycles. The zero-order valence-corrected chi connectivity index (χ0v) is 9.37. The maximum absolute atomic E-state index is 10.5. The minimum Gasteiger partial charge on any atom is -0.394 e. The van der Waals surface area contributed by atoms with Crippen molar-refractivity contribution in [3.8, 4) is 0 Å². The molecule has 0 aliphatic carbocycles. The molecule has 0 spiro atoms. The SMILES string of the molecule is O=[N+]([O-])c1ccc(S(=O)(=O)O)cc1.OCCO. The number of hydrogen-bond acceptors (Lipinski definition) is 6. The van der Waals surface area contributed by atoms with E-state index >= 15 is 0 Å². The van der Waals surface area contributed by atoms with Crippen LogP contribution in [-0.2, 0) is 10.1 Å². The van der Waals surface area contributed by atoms with Crippen molar-refractivity contribution in [1.82, 2.24) is 0 Å². The van der Waals surface area contributed by atoms with Gasteiger partial charge in [0.2, 0.25) is 0 Å². The minimum atomic E-state index is -4.27. The van der Waals surface area contributed by atoms with Crippen LogP contribution in [0.3, 0.4) is 0 Å². The Balaban J connectivity index is 0.000000557. The predicted molar refractivity (Wildman–Crippen MR) is 57.1 cm³/mol. The highest BCUT2D eigenvalue weighted by atomic mass is 32.2. The maximum Gasteiger partial charge on any atom is 0.294 e. The number of hydrogen-bond donors (Lipinski definition) is 3. The van der Waals surface area contributed by atoms with Crippen LogP contribution >= 0.6 is 0 Å². The van der Waals surface area contributed by atoms with Crippen LogP contribution in [-0.4, -0.2) is 41.3 Å². The van der Waals surface area contributed by atoms with Crippen molar-refractivity contribution in [3.05, 3.63) is 34.4 Å². The third kappa shape index (κ3) is 5.92. The Morgan fingerprint density at radius 3 is 1.76 bits per heavy atom. The standard InChI is InChI=1S/C6H5NO5S.C2H6O2/c8-7(9)5-1-3-6(4-2-5)13(10,11)12;3-1-2-4/h1-4H,(H,10,11,12);3-4H,1-2H2. The molecule has 0 aliphatic rings. The molecule has 9 heteroatoms. The topological polar surface area (TPSA) is 138 Å². The monoisotopic (exact) mass is 265 g/mol. The first-order valence-electron chi connectivity index (χ1n) is 4.26. The van der Waals surface area contributed by atoms with Crippen molar-refractivity contribution >= 4 is 15.8 Å². The van der Waals surface area contributed by atoms with Gasteiger partial charge in [0.15, 0.2) is 0 Å². The summed E-state index contributed by atoms with van der Waals surface area (Å²) in [6.45, 7) is -0.250. The Hall–Kier alpha value is -1.55. The lowest BCUT2D eigenvalue weighted by molar-refractivity contribution is -0.384. The van der Waals surface area contributed by atoms with Gasteiger partial charge in [-0.2, -0.15) is 8.42 Å². The summed E-state index contributed by atoms with van der Waals surface area (Å²) in [4.78, 5) is 9.13. The summed E-state index contributed by atoms with van der Waals surface area (Å²) in [5.41, 5.74) is -0.229. The van der Waals surface area contributed by atoms with Gasteiger partial charge in [-0.25, -0.2) is 0 Å². The summed E-state index contributed by atoms with van der Waals surface area (Å²) in [6, 6.07) is 3.94. The summed E-state index contributed by atoms with van der Waals surface area (Å²) in [5, 5.41) is 25.4. The summed E-state index contributed by atoms with van der Waals surface area (Å²) in [6.07, 6.45) is 0. The van der Waals surface area contributed by atoms with Gasteiger partial charge in [0.05, 0.1) is 23.0 Å². The summed E-state index contributed by atoms with van der Waals surface area (Å²) in [5.74, 6) is 0. The molecule has 0 amide bonds. The maximum atomic E-state index is 10.5. The van der Waals surface area contributed by atoms with Gasteiger partial charge >= 0.3 is 0 Å². The molecule has 0 aromatic heterocycles. The highest BCUT2D eigenvalue weighted by Crippen LogP contribution is 2.14. The first-order chi connectivity index (χ1) is 7.82. The molecule has 8 nitrogen and oxygen atoms in total. The molecule has 17 heavy (non-hydrogen) atoms. The summed E-state index contributed by atoms with van der Waals surface area (Å²) >= 11 is 0. The first kappa shape index (κ1) is 15.4. The lowest BCUT2D eigenvalue weighted by atomic mass is 10.3. The van der Waals surface area contributed by atoms with Crippen LogP contribution in [0, 0.1) is 10.1 Å². The molecule has 0 unspecified atom stereocenters. The number of aliphatic hydroxyl groups is 2. The molecule has 96 valence electrons. The lowest BCUT2D eigenvalue weighted by Crippen LogP contribution is -1.97. The summed E-state index contributed by atoms with van der Waals surface area (Å²) in [7, 11) is -4.27. The zero-order chi connectivity index (χ0) is 13.5. The van der Waals surface area contributed by atoms with Gasteiger partial charge in [-0.15, -0.1) is 0 Å². The molecular weight excluding hydrogens is 254 g/mol. The van der Waals surface area contributed by atoms with Gasteiger partial charge in [0.25, 0.3) is 15.8 Å². The van der Waals surface area contributed by atoms with Gasteiger partial charge in [0.1, 0.15) is 0 Å². The molecule has 0 heterocycles. The fraction of sp³-hybridized carbons (Fsp3) is 0.250. The molecule has 0 radical (unpaired) electrons. The highest BCUT2D eigenvalue weighted by Gasteiger charge is 2.11. The molecule has 1 rings (SSSR count). The fourth-order valence-electron chi connectivity index (χ4n) is 0.740. The van der Waals surface area contributed by atoms with E-state index in [0.29, 0.717) is 0 Å². The predicted octanol–water partition coefficient (Wildman–Crippen LogP) is -0.187. The smallest absolute Gasteiger partial charge is 0.294 e. The minimum absolute atomic E-state index is 0.125. The van der Waals surface area contributed by atoms with Gasteiger partial charge in [-0.1, -0.05) is 0 Å². The molecule has 0 aliphatic heterocycles. The van der Waals surface area contributed by atoms with E-state index in [-0.39, 0.29) is 23.8 Å². The van der Waals surface area contributed by atoms with Gasteiger partial charge in [0, 0.05) is 12.1 Å². The van der Waals surface area contributed by atoms with Gasteiger partial charge in [-0.3, -0.25) is 14.7 Å². The molecule has 3 N–H and O–H groups in total. The number of nitrogens with zero attached hydrogens (tertiary/aromatic N) is 1. The quantitative estimate of drug-likeness (QED) is 0.391. The van der Waals surface area contributed by atoms with E-state index in [9.17, 15) is 18.5 Å². The second kappa shape index (κ2) is 6.91. The van der Waals surface area contributed by atoms with E-state index in [1.54, 1.807) is 0 Å². The first-order valence-corrected chi connectivity index (χ1v) is 5.70. The largest absolute Gasteiger partial charge is 0.394 e. The van der Waals surface area contributed by atoms with E-state index in [1.807, 2.05) is 0 Å².